The summed E-state index contributed by atoms with van der Waals surface area (Å²) in [5, 5.41) is 5.83. The fourth-order valence-corrected chi connectivity index (χ4v) is 3.52. The fourth-order valence-electron chi connectivity index (χ4n) is 2.05. The van der Waals surface area contributed by atoms with Crippen molar-refractivity contribution in [3.05, 3.63) is 12.3 Å². The summed E-state index contributed by atoms with van der Waals surface area (Å²) in [7, 11) is -1.29. The quantitative estimate of drug-likeness (QED) is 0.720. The van der Waals surface area contributed by atoms with Crippen molar-refractivity contribution in [2.45, 2.75) is 45.1 Å². The van der Waals surface area contributed by atoms with Crippen LogP contribution >= 0.6 is 0 Å². The highest BCUT2D eigenvalue weighted by atomic mass is 28.3. The Kier molecular flexibility index (Phi) is 2.98. The molecule has 1 aliphatic rings. The number of ether oxygens (including phenoxy) is 1. The highest BCUT2D eigenvalue weighted by Gasteiger charge is 2.26. The van der Waals surface area contributed by atoms with Crippen LogP contribution < -0.4 is 5.32 Å². The van der Waals surface area contributed by atoms with Crippen LogP contribution in [0.15, 0.2) is 12.3 Å². The lowest BCUT2D eigenvalue weighted by molar-refractivity contribution is -0.0376. The Hall–Kier alpha value is -0.613. The second-order valence-corrected chi connectivity index (χ2v) is 10.2. The maximum Gasteiger partial charge on any atom is 0.149 e. The average Bonchev–Trinajstić information content (AvgIpc) is 2.67. The van der Waals surface area contributed by atoms with Gasteiger partial charge in [-0.05, 0) is 25.3 Å². The molecule has 1 aromatic heterocycles. The van der Waals surface area contributed by atoms with Gasteiger partial charge in [0, 0.05) is 18.1 Å². The molecule has 0 bridgehead atoms. The summed E-state index contributed by atoms with van der Waals surface area (Å²) < 4.78 is 7.90. The summed E-state index contributed by atoms with van der Waals surface area (Å²) in [4.78, 5) is 0. The van der Waals surface area contributed by atoms with Crippen molar-refractivity contribution in [1.82, 2.24) is 9.78 Å². The Labute approximate surface area is 92.4 Å². The number of nitrogens with zero attached hydrogens (tertiary/aromatic N) is 2. The molecular formula is C11H20N2OSi. The van der Waals surface area contributed by atoms with Gasteiger partial charge in [-0.1, -0.05) is 19.6 Å². The number of rotatable bonds is 2. The van der Waals surface area contributed by atoms with E-state index in [1.54, 1.807) is 0 Å². The summed E-state index contributed by atoms with van der Waals surface area (Å²) in [5.74, 6) is 0. The first-order chi connectivity index (χ1) is 7.09. The molecule has 1 unspecified atom stereocenters. The molecule has 1 aromatic rings. The molecule has 2 heterocycles. The van der Waals surface area contributed by atoms with Crippen LogP contribution in [0.4, 0.5) is 0 Å². The summed E-state index contributed by atoms with van der Waals surface area (Å²) in [5.41, 5.74) is 0. The van der Waals surface area contributed by atoms with Crippen molar-refractivity contribution < 1.29 is 4.74 Å². The molecule has 4 heteroatoms. The minimum absolute atomic E-state index is 0.190. The van der Waals surface area contributed by atoms with E-state index < -0.39 is 8.07 Å². The highest BCUT2D eigenvalue weighted by Crippen LogP contribution is 2.21. The molecule has 2 rings (SSSR count). The summed E-state index contributed by atoms with van der Waals surface area (Å²) in [6.45, 7) is 7.94. The molecule has 3 nitrogen and oxygen atoms in total. The summed E-state index contributed by atoms with van der Waals surface area (Å²) in [6, 6.07) is 2.16. The zero-order valence-electron chi connectivity index (χ0n) is 9.86. The fraction of sp³-hybridized carbons (Fsp3) is 0.727. The lowest BCUT2D eigenvalue weighted by Gasteiger charge is -2.27. The maximum absolute atomic E-state index is 5.78. The molecule has 1 saturated heterocycles. The third-order valence-corrected chi connectivity index (χ3v) is 4.80. The van der Waals surface area contributed by atoms with Gasteiger partial charge in [0.2, 0.25) is 0 Å². The van der Waals surface area contributed by atoms with E-state index >= 15 is 0 Å². The van der Waals surface area contributed by atoms with Gasteiger partial charge in [0.25, 0.3) is 0 Å². The first kappa shape index (κ1) is 10.9. The van der Waals surface area contributed by atoms with E-state index in [9.17, 15) is 0 Å². The van der Waals surface area contributed by atoms with Crippen LogP contribution in [-0.2, 0) is 4.74 Å². The molecule has 0 aromatic carbocycles. The molecule has 0 saturated carbocycles. The first-order valence-electron chi connectivity index (χ1n) is 5.74. The molecular weight excluding hydrogens is 204 g/mol. The van der Waals surface area contributed by atoms with Crippen molar-refractivity contribution in [2.75, 3.05) is 6.61 Å². The molecule has 0 N–H and O–H groups in total. The van der Waals surface area contributed by atoms with Gasteiger partial charge >= 0.3 is 0 Å². The predicted octanol–water partition coefficient (Wildman–Crippen LogP) is 2.13. The van der Waals surface area contributed by atoms with Crippen LogP contribution in [0, 0.1) is 0 Å². The van der Waals surface area contributed by atoms with Crippen LogP contribution in [0.5, 0.6) is 0 Å². The van der Waals surface area contributed by atoms with Gasteiger partial charge in [0.15, 0.2) is 0 Å². The molecule has 0 spiro atoms. The van der Waals surface area contributed by atoms with Crippen molar-refractivity contribution in [1.29, 1.82) is 0 Å². The van der Waals surface area contributed by atoms with Gasteiger partial charge in [-0.25, -0.2) is 4.68 Å². The second-order valence-electron chi connectivity index (χ2n) is 5.23. The van der Waals surface area contributed by atoms with E-state index in [0.717, 1.165) is 13.0 Å². The lowest BCUT2D eigenvalue weighted by atomic mass is 10.2. The van der Waals surface area contributed by atoms with Gasteiger partial charge in [-0.3, -0.25) is 0 Å². The highest BCUT2D eigenvalue weighted by molar-refractivity contribution is 6.88. The third-order valence-electron chi connectivity index (χ3n) is 2.87. The lowest BCUT2D eigenvalue weighted by Crippen LogP contribution is -2.45. The Morgan fingerprint density at radius 2 is 2.20 bits per heavy atom. The average molecular weight is 224 g/mol. The van der Waals surface area contributed by atoms with Gasteiger partial charge in [-0.15, -0.1) is 0 Å². The van der Waals surface area contributed by atoms with Crippen LogP contribution in [0.3, 0.4) is 0 Å². The van der Waals surface area contributed by atoms with Crippen molar-refractivity contribution in [3.63, 3.8) is 0 Å². The number of hydrogen-bond donors (Lipinski definition) is 0. The molecule has 0 radical (unpaired) electrons. The molecule has 84 valence electrons. The number of hydrogen-bond acceptors (Lipinski definition) is 2. The van der Waals surface area contributed by atoms with E-state index in [1.165, 1.54) is 18.2 Å². The smallest absolute Gasteiger partial charge is 0.149 e. The second kappa shape index (κ2) is 4.10. The zero-order valence-corrected chi connectivity index (χ0v) is 10.9. The standard InChI is InChI=1S/C11H20N2OSi/c1-15(2,3)11-7-8-12-13(11)10-6-4-5-9-14-10/h7-8,10H,4-6,9H2,1-3H3. The minimum Gasteiger partial charge on any atom is -0.357 e. The van der Waals surface area contributed by atoms with E-state index in [4.69, 9.17) is 4.74 Å². The van der Waals surface area contributed by atoms with Crippen molar-refractivity contribution in [2.24, 2.45) is 0 Å². The van der Waals surface area contributed by atoms with Gasteiger partial charge in [-0.2, -0.15) is 5.10 Å². The number of aromatic nitrogens is 2. The van der Waals surface area contributed by atoms with E-state index in [2.05, 4.69) is 35.5 Å². The topological polar surface area (TPSA) is 27.1 Å². The van der Waals surface area contributed by atoms with E-state index in [0.29, 0.717) is 0 Å². The van der Waals surface area contributed by atoms with Gasteiger partial charge in [0.05, 0.1) is 0 Å². The Balaban J connectivity index is 2.24. The van der Waals surface area contributed by atoms with Crippen molar-refractivity contribution in [3.8, 4) is 0 Å². The van der Waals surface area contributed by atoms with Crippen LogP contribution in [0.25, 0.3) is 0 Å². The minimum atomic E-state index is -1.29. The molecule has 0 amide bonds. The molecule has 15 heavy (non-hydrogen) atoms. The predicted molar refractivity (Wildman–Crippen MR) is 64.0 cm³/mol. The van der Waals surface area contributed by atoms with Crippen molar-refractivity contribution >= 4 is 13.4 Å². The normalized spacial score (nSPS) is 23.0. The van der Waals surface area contributed by atoms with Crippen LogP contribution in [0.1, 0.15) is 25.5 Å². The van der Waals surface area contributed by atoms with Gasteiger partial charge < -0.3 is 4.74 Å². The molecule has 1 aliphatic heterocycles. The Morgan fingerprint density at radius 1 is 1.40 bits per heavy atom. The zero-order chi connectivity index (χ0) is 10.9. The third kappa shape index (κ3) is 2.31. The van der Waals surface area contributed by atoms with E-state index in [-0.39, 0.29) is 6.23 Å². The van der Waals surface area contributed by atoms with E-state index in [1.807, 2.05) is 6.20 Å². The SMILES string of the molecule is C[Si](C)(C)c1ccnn1C1CCCCO1. The maximum atomic E-state index is 5.78. The van der Waals surface area contributed by atoms with Crippen LogP contribution in [0.2, 0.25) is 19.6 Å². The van der Waals surface area contributed by atoms with Crippen LogP contribution in [-0.4, -0.2) is 24.5 Å². The first-order valence-corrected chi connectivity index (χ1v) is 9.24. The summed E-state index contributed by atoms with van der Waals surface area (Å²) in [6.07, 6.45) is 5.66. The largest absolute Gasteiger partial charge is 0.357 e. The van der Waals surface area contributed by atoms with Gasteiger partial charge in [0.1, 0.15) is 14.3 Å². The Morgan fingerprint density at radius 3 is 2.80 bits per heavy atom. The molecule has 0 aliphatic carbocycles. The summed E-state index contributed by atoms with van der Waals surface area (Å²) >= 11 is 0. The molecule has 1 atom stereocenters. The monoisotopic (exact) mass is 224 g/mol. The molecule has 1 fully saturated rings. The Bertz CT molecular complexity index is 324.